The molecule has 6 nitrogen and oxygen atoms in total. The van der Waals surface area contributed by atoms with Gasteiger partial charge in [-0.2, -0.15) is 0 Å². The number of pyridine rings is 1. The van der Waals surface area contributed by atoms with Crippen molar-refractivity contribution in [3.8, 4) is 0 Å². The van der Waals surface area contributed by atoms with Gasteiger partial charge in [0.1, 0.15) is 11.6 Å². The van der Waals surface area contributed by atoms with Gasteiger partial charge in [0.05, 0.1) is 27.7 Å². The van der Waals surface area contributed by atoms with Gasteiger partial charge >= 0.3 is 0 Å². The second-order valence-electron chi connectivity index (χ2n) is 8.92. The summed E-state index contributed by atoms with van der Waals surface area (Å²) in [4.78, 5) is 32.0. The summed E-state index contributed by atoms with van der Waals surface area (Å²) in [6, 6.07) is 4.93. The van der Waals surface area contributed by atoms with Gasteiger partial charge in [0.15, 0.2) is 5.78 Å². The molecule has 190 valence electrons. The van der Waals surface area contributed by atoms with Gasteiger partial charge < -0.3 is 15.2 Å². The summed E-state index contributed by atoms with van der Waals surface area (Å²) in [7, 11) is 0. The molecule has 3 aromatic rings. The first kappa shape index (κ1) is 26.3. The highest BCUT2D eigenvalue weighted by atomic mass is 35.5. The van der Waals surface area contributed by atoms with E-state index in [-0.39, 0.29) is 40.3 Å². The van der Waals surface area contributed by atoms with Gasteiger partial charge in [0, 0.05) is 49.5 Å². The van der Waals surface area contributed by atoms with Gasteiger partial charge in [0.25, 0.3) is 5.91 Å². The summed E-state index contributed by atoms with van der Waals surface area (Å²) in [5.74, 6) is -2.58. The molecule has 0 spiro atoms. The Kier molecular flexibility index (Phi) is 8.39. The monoisotopic (exact) mass is 534 g/mol. The predicted octanol–water partition coefficient (Wildman–Crippen LogP) is 5.96. The minimum absolute atomic E-state index is 0.0235. The lowest BCUT2D eigenvalue weighted by Crippen LogP contribution is -2.36. The highest BCUT2D eigenvalue weighted by molar-refractivity contribution is 6.39. The molecular weight excluding hydrogens is 509 g/mol. The standard InChI is InChI=1S/C26H26Cl2F2N4O2/c27-21-12-32-13-22(28)25(21)24(35)15-33(14-16-8-17(29)10-18(30)9-16)26(36)20-6-7-34(23(20)11-31)19-4-2-1-3-5-19/h6-10,12-13,19H,1-5,11,14-15,31H2. The van der Waals surface area contributed by atoms with Crippen molar-refractivity contribution in [2.75, 3.05) is 6.54 Å². The maximum Gasteiger partial charge on any atom is 0.256 e. The third-order valence-electron chi connectivity index (χ3n) is 6.47. The smallest absolute Gasteiger partial charge is 0.256 e. The van der Waals surface area contributed by atoms with Gasteiger partial charge in [-0.3, -0.25) is 14.6 Å². The molecule has 0 unspecified atom stereocenters. The Labute approximate surface area is 218 Å². The summed E-state index contributed by atoms with van der Waals surface area (Å²) in [5.41, 5.74) is 7.29. The van der Waals surface area contributed by atoms with Crippen molar-refractivity contribution in [1.29, 1.82) is 0 Å². The molecule has 0 atom stereocenters. The number of halogens is 4. The molecule has 1 aliphatic rings. The highest BCUT2D eigenvalue weighted by Gasteiger charge is 2.27. The molecule has 0 bridgehead atoms. The van der Waals surface area contributed by atoms with Gasteiger partial charge in [-0.15, -0.1) is 0 Å². The van der Waals surface area contributed by atoms with Crippen LogP contribution in [0.15, 0.2) is 42.9 Å². The summed E-state index contributed by atoms with van der Waals surface area (Å²) in [6.45, 7) is -0.500. The van der Waals surface area contributed by atoms with Crippen LogP contribution in [0.1, 0.15) is 70.1 Å². The number of nitrogens with two attached hydrogens (primary N) is 1. The second-order valence-corrected chi connectivity index (χ2v) is 9.73. The van der Waals surface area contributed by atoms with E-state index in [1.165, 1.54) is 23.7 Å². The Bertz CT molecular complexity index is 1230. The third kappa shape index (κ3) is 5.77. The SMILES string of the molecule is NCc1c(C(=O)N(CC(=O)c2c(Cl)cncc2Cl)Cc2cc(F)cc(F)c2)ccn1C1CCCCC1. The topological polar surface area (TPSA) is 81.2 Å². The first-order chi connectivity index (χ1) is 17.3. The van der Waals surface area contributed by atoms with Crippen molar-refractivity contribution >= 4 is 34.9 Å². The molecule has 0 radical (unpaired) electrons. The van der Waals surface area contributed by atoms with E-state index in [0.717, 1.165) is 43.9 Å². The summed E-state index contributed by atoms with van der Waals surface area (Å²) < 4.78 is 29.8. The van der Waals surface area contributed by atoms with Crippen molar-refractivity contribution in [3.05, 3.63) is 86.9 Å². The number of benzene rings is 1. The van der Waals surface area contributed by atoms with Crippen LogP contribution >= 0.6 is 23.2 Å². The Morgan fingerprint density at radius 3 is 2.31 bits per heavy atom. The Morgan fingerprint density at radius 1 is 1.06 bits per heavy atom. The average molecular weight is 535 g/mol. The average Bonchev–Trinajstić information content (AvgIpc) is 3.27. The number of hydrogen-bond acceptors (Lipinski definition) is 4. The van der Waals surface area contributed by atoms with Crippen LogP contribution in [0.4, 0.5) is 8.78 Å². The number of rotatable bonds is 8. The number of ketones is 1. The molecule has 2 aromatic heterocycles. The molecule has 1 fully saturated rings. The van der Waals surface area contributed by atoms with E-state index in [2.05, 4.69) is 4.98 Å². The first-order valence-corrected chi connectivity index (χ1v) is 12.5. The summed E-state index contributed by atoms with van der Waals surface area (Å²) in [5, 5.41) is 0.0885. The van der Waals surface area contributed by atoms with Crippen molar-refractivity contribution in [2.24, 2.45) is 5.73 Å². The van der Waals surface area contributed by atoms with Crippen LogP contribution in [0.3, 0.4) is 0 Å². The number of nitrogens with zero attached hydrogens (tertiary/aromatic N) is 3. The minimum Gasteiger partial charge on any atom is -0.347 e. The third-order valence-corrected chi connectivity index (χ3v) is 7.04. The molecule has 1 aliphatic carbocycles. The second kappa shape index (κ2) is 11.5. The molecule has 0 aliphatic heterocycles. The normalized spacial score (nSPS) is 14.1. The van der Waals surface area contributed by atoms with E-state index in [1.807, 2.05) is 10.8 Å². The number of Topliss-reactive ketones (excluding diaryl/α,β-unsaturated/α-hetero) is 1. The first-order valence-electron chi connectivity index (χ1n) is 11.7. The van der Waals surface area contributed by atoms with Crippen molar-refractivity contribution < 1.29 is 18.4 Å². The fraction of sp³-hybridized carbons (Fsp3) is 0.346. The lowest BCUT2D eigenvalue weighted by atomic mass is 9.95. The Morgan fingerprint density at radius 2 is 1.69 bits per heavy atom. The van der Waals surface area contributed by atoms with E-state index < -0.39 is 29.9 Å². The Balaban J connectivity index is 1.69. The van der Waals surface area contributed by atoms with Crippen molar-refractivity contribution in [1.82, 2.24) is 14.5 Å². The zero-order valence-electron chi connectivity index (χ0n) is 19.5. The molecule has 2 N–H and O–H groups in total. The number of amides is 1. The fourth-order valence-corrected chi connectivity index (χ4v) is 5.39. The van der Waals surface area contributed by atoms with E-state index in [9.17, 15) is 18.4 Å². The minimum atomic E-state index is -0.782. The lowest BCUT2D eigenvalue weighted by Gasteiger charge is -2.26. The molecule has 1 aromatic carbocycles. The summed E-state index contributed by atoms with van der Waals surface area (Å²) in [6.07, 6.45) is 9.81. The van der Waals surface area contributed by atoms with Gasteiger partial charge in [-0.25, -0.2) is 8.78 Å². The Hall–Kier alpha value is -2.81. The van der Waals surface area contributed by atoms with Crippen LogP contribution < -0.4 is 5.73 Å². The zero-order valence-corrected chi connectivity index (χ0v) is 21.0. The molecule has 0 saturated heterocycles. The van der Waals surface area contributed by atoms with E-state index >= 15 is 0 Å². The number of hydrogen-bond donors (Lipinski definition) is 1. The molecular formula is C26H26Cl2F2N4O2. The molecule has 4 rings (SSSR count). The van der Waals surface area contributed by atoms with Crippen LogP contribution in [-0.4, -0.2) is 32.7 Å². The van der Waals surface area contributed by atoms with Crippen LogP contribution in [0.2, 0.25) is 10.0 Å². The van der Waals surface area contributed by atoms with Crippen LogP contribution in [0.5, 0.6) is 0 Å². The van der Waals surface area contributed by atoms with E-state index in [0.29, 0.717) is 11.3 Å². The highest BCUT2D eigenvalue weighted by Crippen LogP contribution is 2.31. The van der Waals surface area contributed by atoms with Crippen LogP contribution in [-0.2, 0) is 13.1 Å². The number of carbonyl (C=O) groups excluding carboxylic acids is 2. The zero-order chi connectivity index (χ0) is 25.8. The maximum absolute atomic E-state index is 13.9. The molecule has 36 heavy (non-hydrogen) atoms. The van der Waals surface area contributed by atoms with E-state index in [1.54, 1.807) is 6.07 Å². The lowest BCUT2D eigenvalue weighted by molar-refractivity contribution is 0.0696. The molecule has 1 saturated carbocycles. The van der Waals surface area contributed by atoms with Gasteiger partial charge in [-0.05, 0) is 36.6 Å². The molecule has 1 amide bonds. The van der Waals surface area contributed by atoms with Gasteiger partial charge in [0.2, 0.25) is 0 Å². The number of aromatic nitrogens is 2. The predicted molar refractivity (Wildman–Crippen MR) is 134 cm³/mol. The van der Waals surface area contributed by atoms with Crippen molar-refractivity contribution in [3.63, 3.8) is 0 Å². The largest absolute Gasteiger partial charge is 0.347 e. The molecule has 2 heterocycles. The molecule has 10 heteroatoms. The number of carbonyl (C=O) groups is 2. The quantitative estimate of drug-likeness (QED) is 0.361. The van der Waals surface area contributed by atoms with Gasteiger partial charge in [-0.1, -0.05) is 42.5 Å². The van der Waals surface area contributed by atoms with Crippen LogP contribution in [0.25, 0.3) is 0 Å². The maximum atomic E-state index is 13.9. The fourth-order valence-electron chi connectivity index (χ4n) is 4.81. The van der Waals surface area contributed by atoms with E-state index in [4.69, 9.17) is 28.9 Å². The summed E-state index contributed by atoms with van der Waals surface area (Å²) >= 11 is 12.3. The van der Waals surface area contributed by atoms with Crippen LogP contribution in [0, 0.1) is 11.6 Å². The van der Waals surface area contributed by atoms with Crippen molar-refractivity contribution in [2.45, 2.75) is 51.2 Å².